The van der Waals surface area contributed by atoms with Crippen LogP contribution in [0, 0.1) is 19.8 Å². The Balaban J connectivity index is 2.18. The molecule has 0 saturated carbocycles. The van der Waals surface area contributed by atoms with Crippen LogP contribution in [-0.2, 0) is 0 Å². The highest BCUT2D eigenvalue weighted by Gasteiger charge is 2.17. The lowest BCUT2D eigenvalue weighted by atomic mass is 9.99. The molecule has 1 heterocycles. The molecule has 1 aliphatic rings. The van der Waals surface area contributed by atoms with E-state index < -0.39 is 0 Å². The van der Waals surface area contributed by atoms with E-state index in [1.807, 2.05) is 0 Å². The van der Waals surface area contributed by atoms with Gasteiger partial charge < -0.3 is 4.90 Å². The fraction of sp³-hybridized carbons (Fsp3) is 0.462. The number of nitrogens with zero attached hydrogens (tertiary/aromatic N) is 1. The number of aryl methyl sites for hydroxylation is 1. The zero-order valence-corrected chi connectivity index (χ0v) is 8.87. The minimum atomic E-state index is 0.600. The molecule has 1 radical (unpaired) electrons. The monoisotopic (exact) mass is 188 g/mol. The van der Waals surface area contributed by atoms with Crippen LogP contribution in [0.15, 0.2) is 24.3 Å². The summed E-state index contributed by atoms with van der Waals surface area (Å²) in [6.07, 6.45) is 2.56. The van der Waals surface area contributed by atoms with Crippen molar-refractivity contribution in [2.24, 2.45) is 5.92 Å². The predicted molar refractivity (Wildman–Crippen MR) is 61.5 cm³/mol. The van der Waals surface area contributed by atoms with Gasteiger partial charge in [0.2, 0.25) is 0 Å². The Labute approximate surface area is 86.7 Å². The van der Waals surface area contributed by atoms with Crippen molar-refractivity contribution < 1.29 is 0 Å². The van der Waals surface area contributed by atoms with E-state index in [-0.39, 0.29) is 0 Å². The summed E-state index contributed by atoms with van der Waals surface area (Å²) < 4.78 is 0. The molecule has 1 aromatic carbocycles. The number of rotatable bonds is 1. The third-order valence-electron chi connectivity index (χ3n) is 2.98. The van der Waals surface area contributed by atoms with Gasteiger partial charge in [-0.3, -0.25) is 0 Å². The summed E-state index contributed by atoms with van der Waals surface area (Å²) in [5, 5.41) is 0. The molecule has 14 heavy (non-hydrogen) atoms. The Morgan fingerprint density at radius 1 is 1.36 bits per heavy atom. The van der Waals surface area contributed by atoms with Gasteiger partial charge >= 0.3 is 0 Å². The van der Waals surface area contributed by atoms with Crippen LogP contribution >= 0.6 is 0 Å². The summed E-state index contributed by atoms with van der Waals surface area (Å²) in [6.45, 7) is 8.65. The summed E-state index contributed by atoms with van der Waals surface area (Å²) in [4.78, 5) is 2.47. The normalized spacial score (nSPS) is 22.4. The Kier molecular flexibility index (Phi) is 2.76. The number of hydrogen-bond donors (Lipinski definition) is 0. The first kappa shape index (κ1) is 9.57. The maximum absolute atomic E-state index is 4.16. The van der Waals surface area contributed by atoms with Crippen molar-refractivity contribution in [1.29, 1.82) is 0 Å². The van der Waals surface area contributed by atoms with Crippen LogP contribution in [0.25, 0.3) is 0 Å². The quantitative estimate of drug-likeness (QED) is 0.654. The third kappa shape index (κ3) is 1.92. The molecular formula is C13H18N. The van der Waals surface area contributed by atoms with Gasteiger partial charge in [0.1, 0.15) is 0 Å². The van der Waals surface area contributed by atoms with Crippen molar-refractivity contribution in [3.8, 4) is 0 Å². The Morgan fingerprint density at radius 2 is 2.14 bits per heavy atom. The largest absolute Gasteiger partial charge is 0.371 e. The highest BCUT2D eigenvalue weighted by molar-refractivity contribution is 5.53. The van der Waals surface area contributed by atoms with E-state index >= 15 is 0 Å². The maximum atomic E-state index is 4.16. The maximum Gasteiger partial charge on any atom is 0.0395 e. The Hall–Kier alpha value is -0.980. The molecule has 75 valence electrons. The molecule has 2 rings (SSSR count). The van der Waals surface area contributed by atoms with E-state index in [9.17, 15) is 0 Å². The summed E-state index contributed by atoms with van der Waals surface area (Å²) in [7, 11) is 0. The van der Waals surface area contributed by atoms with Crippen LogP contribution in [-0.4, -0.2) is 13.1 Å². The summed E-state index contributed by atoms with van der Waals surface area (Å²) in [5.74, 6) is 0.600. The van der Waals surface area contributed by atoms with E-state index in [0.29, 0.717) is 5.92 Å². The molecule has 0 spiro atoms. The van der Waals surface area contributed by atoms with E-state index in [0.717, 1.165) is 6.54 Å². The average molecular weight is 188 g/mol. The average Bonchev–Trinajstić information content (AvgIpc) is 2.18. The fourth-order valence-electron chi connectivity index (χ4n) is 2.20. The lowest BCUT2D eigenvalue weighted by Gasteiger charge is -2.33. The van der Waals surface area contributed by atoms with Gasteiger partial charge in [-0.25, -0.2) is 0 Å². The second-order valence-electron chi connectivity index (χ2n) is 4.24. The molecule has 1 saturated heterocycles. The molecule has 0 aromatic heterocycles. The number of benzene rings is 1. The molecule has 1 aliphatic heterocycles. The SMILES string of the molecule is [CH2][C@@H]1CCCN(c2ccccc2C)C1. The number of piperidine rings is 1. The minimum Gasteiger partial charge on any atom is -0.371 e. The van der Waals surface area contributed by atoms with Crippen LogP contribution in [0.1, 0.15) is 18.4 Å². The number of hydrogen-bond acceptors (Lipinski definition) is 1. The van der Waals surface area contributed by atoms with Crippen LogP contribution in [0.3, 0.4) is 0 Å². The first-order chi connectivity index (χ1) is 6.77. The van der Waals surface area contributed by atoms with Gasteiger partial charge in [0.15, 0.2) is 0 Å². The highest BCUT2D eigenvalue weighted by atomic mass is 15.1. The second-order valence-corrected chi connectivity index (χ2v) is 4.24. The Bertz CT molecular complexity index is 306. The molecule has 0 amide bonds. The lowest BCUT2D eigenvalue weighted by molar-refractivity contribution is 0.482. The fourth-order valence-corrected chi connectivity index (χ4v) is 2.20. The molecule has 1 fully saturated rings. The topological polar surface area (TPSA) is 3.24 Å². The summed E-state index contributed by atoms with van der Waals surface area (Å²) in [6, 6.07) is 8.62. The van der Waals surface area contributed by atoms with E-state index in [1.165, 1.54) is 30.6 Å². The summed E-state index contributed by atoms with van der Waals surface area (Å²) in [5.41, 5.74) is 2.77. The van der Waals surface area contributed by atoms with Gasteiger partial charge in [0, 0.05) is 18.8 Å². The van der Waals surface area contributed by atoms with Crippen molar-refractivity contribution >= 4 is 5.69 Å². The minimum absolute atomic E-state index is 0.600. The van der Waals surface area contributed by atoms with Crippen LogP contribution in [0.4, 0.5) is 5.69 Å². The third-order valence-corrected chi connectivity index (χ3v) is 2.98. The van der Waals surface area contributed by atoms with Gasteiger partial charge in [-0.05, 0) is 44.2 Å². The van der Waals surface area contributed by atoms with Crippen molar-refractivity contribution in [2.45, 2.75) is 19.8 Å². The van der Waals surface area contributed by atoms with Gasteiger partial charge in [-0.15, -0.1) is 0 Å². The van der Waals surface area contributed by atoms with E-state index in [2.05, 4.69) is 43.0 Å². The van der Waals surface area contributed by atoms with Crippen LogP contribution in [0.5, 0.6) is 0 Å². The molecule has 0 aliphatic carbocycles. The molecule has 1 heteroatoms. The van der Waals surface area contributed by atoms with Crippen LogP contribution < -0.4 is 4.90 Å². The van der Waals surface area contributed by atoms with E-state index in [1.54, 1.807) is 0 Å². The molecule has 0 unspecified atom stereocenters. The van der Waals surface area contributed by atoms with Crippen molar-refractivity contribution in [3.63, 3.8) is 0 Å². The molecule has 1 atom stereocenters. The highest BCUT2D eigenvalue weighted by Crippen LogP contribution is 2.25. The first-order valence-corrected chi connectivity index (χ1v) is 5.41. The molecule has 1 aromatic rings. The van der Waals surface area contributed by atoms with Gasteiger partial charge in [0.25, 0.3) is 0 Å². The predicted octanol–water partition coefficient (Wildman–Crippen LogP) is 3.05. The molecule has 0 bridgehead atoms. The smallest absolute Gasteiger partial charge is 0.0395 e. The summed E-state index contributed by atoms with van der Waals surface area (Å²) >= 11 is 0. The molecule has 1 nitrogen and oxygen atoms in total. The van der Waals surface area contributed by atoms with Crippen molar-refractivity contribution in [2.75, 3.05) is 18.0 Å². The second kappa shape index (κ2) is 4.04. The van der Waals surface area contributed by atoms with Gasteiger partial charge in [-0.1, -0.05) is 18.2 Å². The molecule has 0 N–H and O–H groups in total. The zero-order valence-electron chi connectivity index (χ0n) is 8.87. The van der Waals surface area contributed by atoms with Crippen LogP contribution in [0.2, 0.25) is 0 Å². The van der Waals surface area contributed by atoms with Gasteiger partial charge in [-0.2, -0.15) is 0 Å². The molecular weight excluding hydrogens is 170 g/mol. The first-order valence-electron chi connectivity index (χ1n) is 5.41. The zero-order chi connectivity index (χ0) is 9.97. The van der Waals surface area contributed by atoms with Crippen molar-refractivity contribution in [1.82, 2.24) is 0 Å². The number of para-hydroxylation sites is 1. The lowest BCUT2D eigenvalue weighted by Crippen LogP contribution is -2.34. The van der Waals surface area contributed by atoms with E-state index in [4.69, 9.17) is 0 Å². The number of anilines is 1. The van der Waals surface area contributed by atoms with Gasteiger partial charge in [0.05, 0.1) is 0 Å². The standard InChI is InChI=1S/C13H18N/c1-11-6-5-9-14(10-11)13-8-4-3-7-12(13)2/h3-4,7-8,11H,1,5-6,9-10H2,2H3/t11-/m1/s1. The Morgan fingerprint density at radius 3 is 2.86 bits per heavy atom. The van der Waals surface area contributed by atoms with Crippen molar-refractivity contribution in [3.05, 3.63) is 36.8 Å².